The molecule has 2 aromatic heterocycles. The number of nitrogens with one attached hydrogen (secondary N) is 1. The van der Waals surface area contributed by atoms with Gasteiger partial charge in [0.05, 0.1) is 19.9 Å². The summed E-state index contributed by atoms with van der Waals surface area (Å²) in [7, 11) is 2.76. The second kappa shape index (κ2) is 9.66. The van der Waals surface area contributed by atoms with Crippen molar-refractivity contribution >= 4 is 11.8 Å². The number of carbonyl (C=O) groups is 1. The van der Waals surface area contributed by atoms with Gasteiger partial charge in [-0.3, -0.25) is 15.0 Å². The van der Waals surface area contributed by atoms with Crippen molar-refractivity contribution in [2.24, 2.45) is 0 Å². The molecule has 0 aromatic carbocycles. The van der Waals surface area contributed by atoms with Crippen LogP contribution in [0, 0.1) is 0 Å². The molecule has 1 unspecified atom stereocenters. The van der Waals surface area contributed by atoms with Gasteiger partial charge in [0.25, 0.3) is 0 Å². The fraction of sp³-hybridized carbons (Fsp3) is 0.353. The standard InChI is InChI=1S/C17H22N4O5/c1-21(24)16-5-3-4-12(19-16)8-9-26-14-7-6-13(18-11-14)10-15(20-23)17(22)25-2/h3-7,11,15,20,23-24H,8-10H2,1-2H3. The van der Waals surface area contributed by atoms with E-state index in [1.807, 2.05) is 17.6 Å². The third kappa shape index (κ3) is 5.66. The number of nitrogens with zero attached hydrogens (tertiary/aromatic N) is 3. The predicted molar refractivity (Wildman–Crippen MR) is 92.3 cm³/mol. The van der Waals surface area contributed by atoms with Crippen LogP contribution in [0.1, 0.15) is 11.4 Å². The highest BCUT2D eigenvalue weighted by Crippen LogP contribution is 2.12. The molecule has 0 spiro atoms. The van der Waals surface area contributed by atoms with E-state index >= 15 is 0 Å². The Morgan fingerprint density at radius 2 is 2.12 bits per heavy atom. The molecule has 0 fully saturated rings. The van der Waals surface area contributed by atoms with Crippen LogP contribution in [0.4, 0.5) is 5.82 Å². The molecular formula is C17H22N4O5. The number of hydrogen-bond donors (Lipinski definition) is 3. The zero-order valence-electron chi connectivity index (χ0n) is 14.6. The summed E-state index contributed by atoms with van der Waals surface area (Å²) in [5, 5.41) is 19.3. The lowest BCUT2D eigenvalue weighted by atomic mass is 10.1. The molecule has 2 heterocycles. The molecule has 9 heteroatoms. The number of methoxy groups -OCH3 is 1. The Bertz CT molecular complexity index is 709. The van der Waals surface area contributed by atoms with Crippen LogP contribution in [0.5, 0.6) is 5.75 Å². The molecule has 0 radical (unpaired) electrons. The van der Waals surface area contributed by atoms with Crippen molar-refractivity contribution in [1.82, 2.24) is 15.4 Å². The van der Waals surface area contributed by atoms with Crippen molar-refractivity contribution < 1.29 is 24.7 Å². The summed E-state index contributed by atoms with van der Waals surface area (Å²) in [5.74, 6) is 0.472. The number of pyridine rings is 2. The topological polar surface area (TPSA) is 117 Å². The van der Waals surface area contributed by atoms with Crippen molar-refractivity contribution in [3.05, 3.63) is 47.9 Å². The Hall–Kier alpha value is -2.75. The molecule has 3 N–H and O–H groups in total. The molecule has 0 amide bonds. The Kier molecular flexibility index (Phi) is 7.27. The number of hydrogen-bond acceptors (Lipinski definition) is 9. The minimum absolute atomic E-state index is 0.189. The lowest BCUT2D eigenvalue weighted by molar-refractivity contribution is -0.145. The number of esters is 1. The van der Waals surface area contributed by atoms with Gasteiger partial charge in [-0.1, -0.05) is 6.07 Å². The number of anilines is 1. The average molecular weight is 362 g/mol. The molecule has 1 atom stereocenters. The van der Waals surface area contributed by atoms with Gasteiger partial charge in [-0.15, -0.1) is 0 Å². The number of ether oxygens (including phenoxy) is 2. The maximum Gasteiger partial charge on any atom is 0.325 e. The summed E-state index contributed by atoms with van der Waals surface area (Å²) in [6, 6.07) is 7.94. The zero-order chi connectivity index (χ0) is 18.9. The molecule has 140 valence electrons. The Labute approximate surface area is 151 Å². The van der Waals surface area contributed by atoms with Crippen LogP contribution in [0.2, 0.25) is 0 Å². The third-order valence-electron chi connectivity index (χ3n) is 3.60. The van der Waals surface area contributed by atoms with Gasteiger partial charge < -0.3 is 14.7 Å². The van der Waals surface area contributed by atoms with Crippen LogP contribution in [0.25, 0.3) is 0 Å². The van der Waals surface area contributed by atoms with Gasteiger partial charge in [0, 0.05) is 31.3 Å². The van der Waals surface area contributed by atoms with Crippen LogP contribution >= 0.6 is 0 Å². The van der Waals surface area contributed by atoms with E-state index in [9.17, 15) is 10.0 Å². The van der Waals surface area contributed by atoms with E-state index < -0.39 is 12.0 Å². The second-order valence-corrected chi connectivity index (χ2v) is 5.50. The zero-order valence-corrected chi connectivity index (χ0v) is 14.6. The van der Waals surface area contributed by atoms with E-state index in [4.69, 9.17) is 9.94 Å². The van der Waals surface area contributed by atoms with Crippen LogP contribution in [-0.2, 0) is 22.4 Å². The normalized spacial score (nSPS) is 11.7. The molecule has 2 rings (SSSR count). The fourth-order valence-electron chi connectivity index (χ4n) is 2.21. The first-order valence-corrected chi connectivity index (χ1v) is 7.97. The van der Waals surface area contributed by atoms with Crippen molar-refractivity contribution in [2.45, 2.75) is 18.9 Å². The molecule has 0 bridgehead atoms. The number of hydroxylamine groups is 2. The number of carbonyl (C=O) groups excluding carboxylic acids is 1. The molecule has 0 saturated carbocycles. The average Bonchev–Trinajstić information content (AvgIpc) is 2.67. The first-order chi connectivity index (χ1) is 12.5. The van der Waals surface area contributed by atoms with Gasteiger partial charge >= 0.3 is 5.97 Å². The van der Waals surface area contributed by atoms with E-state index in [2.05, 4.69) is 14.7 Å². The summed E-state index contributed by atoms with van der Waals surface area (Å²) in [6.45, 7) is 0.398. The Morgan fingerprint density at radius 3 is 2.73 bits per heavy atom. The molecule has 0 aliphatic heterocycles. The van der Waals surface area contributed by atoms with Crippen molar-refractivity contribution in [2.75, 3.05) is 25.8 Å². The van der Waals surface area contributed by atoms with E-state index in [0.29, 0.717) is 30.3 Å². The SMILES string of the molecule is COC(=O)C(Cc1ccc(OCCc2cccc(N(C)O)n2)cn1)NO. The number of rotatable bonds is 9. The highest BCUT2D eigenvalue weighted by molar-refractivity contribution is 5.75. The minimum atomic E-state index is -0.873. The van der Waals surface area contributed by atoms with Crippen LogP contribution in [0.3, 0.4) is 0 Å². The van der Waals surface area contributed by atoms with Crippen LogP contribution < -0.4 is 15.3 Å². The summed E-state index contributed by atoms with van der Waals surface area (Å²) >= 11 is 0. The van der Waals surface area contributed by atoms with E-state index in [1.54, 1.807) is 24.4 Å². The minimum Gasteiger partial charge on any atom is -0.492 e. The van der Waals surface area contributed by atoms with E-state index in [1.165, 1.54) is 14.2 Å². The van der Waals surface area contributed by atoms with Crippen LogP contribution in [-0.4, -0.2) is 53.2 Å². The quantitative estimate of drug-likeness (QED) is 0.443. The van der Waals surface area contributed by atoms with Crippen molar-refractivity contribution in [1.29, 1.82) is 0 Å². The predicted octanol–water partition coefficient (Wildman–Crippen LogP) is 0.986. The maximum absolute atomic E-state index is 11.4. The van der Waals surface area contributed by atoms with Gasteiger partial charge in [0.15, 0.2) is 5.82 Å². The monoisotopic (exact) mass is 362 g/mol. The van der Waals surface area contributed by atoms with E-state index in [-0.39, 0.29) is 6.42 Å². The Balaban J connectivity index is 1.85. The molecule has 0 saturated heterocycles. The largest absolute Gasteiger partial charge is 0.492 e. The maximum atomic E-state index is 11.4. The molecule has 9 nitrogen and oxygen atoms in total. The van der Waals surface area contributed by atoms with Gasteiger partial charge in [-0.2, -0.15) is 5.48 Å². The second-order valence-electron chi connectivity index (χ2n) is 5.50. The van der Waals surface area contributed by atoms with E-state index in [0.717, 1.165) is 10.8 Å². The highest BCUT2D eigenvalue weighted by Gasteiger charge is 2.19. The number of aromatic nitrogens is 2. The Morgan fingerprint density at radius 1 is 1.31 bits per heavy atom. The first-order valence-electron chi connectivity index (χ1n) is 7.97. The first kappa shape index (κ1) is 19.6. The van der Waals surface area contributed by atoms with Gasteiger partial charge in [0.1, 0.15) is 11.8 Å². The summed E-state index contributed by atoms with van der Waals surface area (Å²) < 4.78 is 10.2. The third-order valence-corrected chi connectivity index (χ3v) is 3.60. The van der Waals surface area contributed by atoms with Crippen LogP contribution in [0.15, 0.2) is 36.5 Å². The molecular weight excluding hydrogens is 340 g/mol. The van der Waals surface area contributed by atoms with Gasteiger partial charge in [-0.25, -0.2) is 10.0 Å². The summed E-state index contributed by atoms with van der Waals surface area (Å²) in [4.78, 5) is 19.9. The van der Waals surface area contributed by atoms with Gasteiger partial charge in [-0.05, 0) is 24.3 Å². The van der Waals surface area contributed by atoms with Crippen molar-refractivity contribution in [3.8, 4) is 5.75 Å². The molecule has 0 aliphatic carbocycles. The smallest absolute Gasteiger partial charge is 0.325 e. The molecule has 26 heavy (non-hydrogen) atoms. The molecule has 0 aliphatic rings. The fourth-order valence-corrected chi connectivity index (χ4v) is 2.21. The summed E-state index contributed by atoms with van der Waals surface area (Å²) in [5.41, 5.74) is 3.31. The van der Waals surface area contributed by atoms with Gasteiger partial charge in [0.2, 0.25) is 0 Å². The molecule has 2 aromatic rings. The van der Waals surface area contributed by atoms with Crippen molar-refractivity contribution in [3.63, 3.8) is 0 Å². The lowest BCUT2D eigenvalue weighted by Gasteiger charge is -2.12. The lowest BCUT2D eigenvalue weighted by Crippen LogP contribution is -2.37. The highest BCUT2D eigenvalue weighted by atomic mass is 16.5. The summed E-state index contributed by atoms with van der Waals surface area (Å²) in [6.07, 6.45) is 2.31.